The highest BCUT2D eigenvalue weighted by atomic mass is 35.5. The van der Waals surface area contributed by atoms with Gasteiger partial charge in [-0.25, -0.2) is 4.39 Å². The molecule has 106 valence electrons. The number of nitrogens with two attached hydrogens (primary N) is 1. The van der Waals surface area contributed by atoms with Crippen LogP contribution in [-0.2, 0) is 5.75 Å². The normalized spacial score (nSPS) is 10.6. The zero-order valence-electron chi connectivity index (χ0n) is 11.0. The predicted octanol–water partition coefficient (Wildman–Crippen LogP) is 4.75. The third-order valence-corrected chi connectivity index (χ3v) is 4.18. The van der Waals surface area contributed by atoms with Crippen molar-refractivity contribution in [3.8, 4) is 5.75 Å². The molecule has 2 nitrogen and oxygen atoms in total. The summed E-state index contributed by atoms with van der Waals surface area (Å²) in [5, 5.41) is 0.554. The van der Waals surface area contributed by atoms with Gasteiger partial charge < -0.3 is 10.5 Å². The Labute approximate surface area is 127 Å². The first kappa shape index (κ1) is 15.0. The van der Waals surface area contributed by atoms with E-state index in [1.165, 1.54) is 23.9 Å². The van der Waals surface area contributed by atoms with Crippen LogP contribution in [0, 0.1) is 5.82 Å². The molecule has 0 bridgehead atoms. The highest BCUT2D eigenvalue weighted by Crippen LogP contribution is 2.33. The van der Waals surface area contributed by atoms with Crippen molar-refractivity contribution in [3.63, 3.8) is 0 Å². The summed E-state index contributed by atoms with van der Waals surface area (Å²) in [6, 6.07) is 9.88. The van der Waals surface area contributed by atoms with Gasteiger partial charge in [0.25, 0.3) is 0 Å². The first-order valence-electron chi connectivity index (χ1n) is 6.19. The second-order valence-corrected chi connectivity index (χ2v) is 5.58. The largest absolute Gasteiger partial charge is 0.494 e. The van der Waals surface area contributed by atoms with Crippen molar-refractivity contribution in [1.82, 2.24) is 0 Å². The van der Waals surface area contributed by atoms with E-state index in [4.69, 9.17) is 22.1 Å². The van der Waals surface area contributed by atoms with Crippen molar-refractivity contribution in [3.05, 3.63) is 52.8 Å². The standard InChI is InChI=1S/C15H15ClFNOS/c1-2-19-12-4-6-14(18)15(8-12)20-9-10-7-11(17)3-5-13(10)16/h3-8H,2,9,18H2,1H3. The highest BCUT2D eigenvalue weighted by Gasteiger charge is 2.07. The van der Waals surface area contributed by atoms with Gasteiger partial charge in [0, 0.05) is 21.4 Å². The number of thioether (sulfide) groups is 1. The maximum absolute atomic E-state index is 13.2. The minimum atomic E-state index is -0.291. The molecule has 0 aliphatic rings. The Morgan fingerprint density at radius 3 is 2.80 bits per heavy atom. The lowest BCUT2D eigenvalue weighted by Crippen LogP contribution is -1.94. The Bertz CT molecular complexity index is 606. The zero-order chi connectivity index (χ0) is 14.5. The van der Waals surface area contributed by atoms with Crippen LogP contribution in [0.5, 0.6) is 5.75 Å². The molecule has 20 heavy (non-hydrogen) atoms. The second-order valence-electron chi connectivity index (χ2n) is 4.16. The number of hydrogen-bond acceptors (Lipinski definition) is 3. The van der Waals surface area contributed by atoms with Crippen LogP contribution in [0.25, 0.3) is 0 Å². The molecule has 0 spiro atoms. The van der Waals surface area contributed by atoms with Crippen LogP contribution in [0.15, 0.2) is 41.3 Å². The number of hydrogen-bond donors (Lipinski definition) is 1. The first-order chi connectivity index (χ1) is 9.60. The monoisotopic (exact) mass is 311 g/mol. The molecular weight excluding hydrogens is 297 g/mol. The van der Waals surface area contributed by atoms with Crippen LogP contribution in [0.3, 0.4) is 0 Å². The van der Waals surface area contributed by atoms with Crippen molar-refractivity contribution in [1.29, 1.82) is 0 Å². The molecule has 0 aliphatic heterocycles. The second kappa shape index (κ2) is 6.86. The Hall–Kier alpha value is -1.39. The van der Waals surface area contributed by atoms with Crippen molar-refractivity contribution < 1.29 is 9.13 Å². The summed E-state index contributed by atoms with van der Waals surface area (Å²) in [6.45, 7) is 2.53. The van der Waals surface area contributed by atoms with E-state index >= 15 is 0 Å². The van der Waals surface area contributed by atoms with Crippen LogP contribution in [0.4, 0.5) is 10.1 Å². The molecule has 2 rings (SSSR count). The Kier molecular flexibility index (Phi) is 5.15. The van der Waals surface area contributed by atoms with Crippen LogP contribution in [0.1, 0.15) is 12.5 Å². The lowest BCUT2D eigenvalue weighted by atomic mass is 10.2. The number of ether oxygens (including phenoxy) is 1. The van der Waals surface area contributed by atoms with Crippen molar-refractivity contribution in [2.45, 2.75) is 17.6 Å². The Balaban J connectivity index is 2.13. The van der Waals surface area contributed by atoms with E-state index in [2.05, 4.69) is 0 Å². The molecule has 5 heteroatoms. The zero-order valence-corrected chi connectivity index (χ0v) is 12.6. The average Bonchev–Trinajstić information content (AvgIpc) is 2.43. The lowest BCUT2D eigenvalue weighted by molar-refractivity contribution is 0.339. The van der Waals surface area contributed by atoms with Crippen LogP contribution >= 0.6 is 23.4 Å². The van der Waals surface area contributed by atoms with E-state index in [9.17, 15) is 4.39 Å². The molecular formula is C15H15ClFNOS. The van der Waals surface area contributed by atoms with Gasteiger partial charge in [-0.3, -0.25) is 0 Å². The molecule has 0 amide bonds. The fourth-order valence-corrected chi connectivity index (χ4v) is 2.95. The molecule has 0 fully saturated rings. The van der Waals surface area contributed by atoms with E-state index in [0.717, 1.165) is 16.2 Å². The quantitative estimate of drug-likeness (QED) is 0.639. The number of benzene rings is 2. The number of anilines is 1. The van der Waals surface area contributed by atoms with Gasteiger partial charge in [-0.1, -0.05) is 11.6 Å². The lowest BCUT2D eigenvalue weighted by Gasteiger charge is -2.10. The van der Waals surface area contributed by atoms with Crippen molar-refractivity contribution in [2.24, 2.45) is 0 Å². The summed E-state index contributed by atoms with van der Waals surface area (Å²) < 4.78 is 18.6. The molecule has 0 heterocycles. The van der Waals surface area contributed by atoms with E-state index in [-0.39, 0.29) is 5.82 Å². The van der Waals surface area contributed by atoms with Gasteiger partial charge in [0.05, 0.1) is 6.61 Å². The molecule has 0 aromatic heterocycles. The van der Waals surface area contributed by atoms with Crippen LogP contribution in [0.2, 0.25) is 5.02 Å². The molecule has 0 aliphatic carbocycles. The maximum Gasteiger partial charge on any atom is 0.123 e. The third kappa shape index (κ3) is 3.81. The van der Waals surface area contributed by atoms with Gasteiger partial charge in [0.1, 0.15) is 11.6 Å². The van der Waals surface area contributed by atoms with Crippen molar-refractivity contribution >= 4 is 29.1 Å². The minimum absolute atomic E-state index is 0.291. The van der Waals surface area contributed by atoms with Gasteiger partial charge in [-0.15, -0.1) is 11.8 Å². The predicted molar refractivity (Wildman–Crippen MR) is 83.0 cm³/mol. The molecule has 2 N–H and O–H groups in total. The van der Waals surface area contributed by atoms with Gasteiger partial charge in [0.15, 0.2) is 0 Å². The Morgan fingerprint density at radius 1 is 1.25 bits per heavy atom. The fourth-order valence-electron chi connectivity index (χ4n) is 1.71. The highest BCUT2D eigenvalue weighted by molar-refractivity contribution is 7.98. The summed E-state index contributed by atoms with van der Waals surface area (Å²) in [6.07, 6.45) is 0. The molecule has 0 saturated carbocycles. The summed E-state index contributed by atoms with van der Waals surface area (Å²) in [4.78, 5) is 0.899. The van der Waals surface area contributed by atoms with Gasteiger partial charge >= 0.3 is 0 Å². The summed E-state index contributed by atoms with van der Waals surface area (Å²) in [7, 11) is 0. The summed E-state index contributed by atoms with van der Waals surface area (Å²) in [5.41, 5.74) is 7.35. The topological polar surface area (TPSA) is 35.2 Å². The summed E-state index contributed by atoms with van der Waals surface area (Å²) >= 11 is 7.55. The molecule has 0 saturated heterocycles. The SMILES string of the molecule is CCOc1ccc(N)c(SCc2cc(F)ccc2Cl)c1. The van der Waals surface area contributed by atoms with E-state index in [0.29, 0.717) is 23.1 Å². The fraction of sp³-hybridized carbons (Fsp3) is 0.200. The molecule has 0 unspecified atom stereocenters. The van der Waals surface area contributed by atoms with Crippen LogP contribution < -0.4 is 10.5 Å². The van der Waals surface area contributed by atoms with Gasteiger partial charge in [-0.2, -0.15) is 0 Å². The smallest absolute Gasteiger partial charge is 0.123 e. The van der Waals surface area contributed by atoms with Gasteiger partial charge in [-0.05, 0) is 48.9 Å². The molecule has 2 aromatic carbocycles. The average molecular weight is 312 g/mol. The first-order valence-corrected chi connectivity index (χ1v) is 7.55. The van der Waals surface area contributed by atoms with E-state index in [1.807, 2.05) is 19.1 Å². The summed E-state index contributed by atoms with van der Waals surface area (Å²) in [5.74, 6) is 1.03. The van der Waals surface area contributed by atoms with E-state index in [1.54, 1.807) is 12.1 Å². The minimum Gasteiger partial charge on any atom is -0.494 e. The third-order valence-electron chi connectivity index (χ3n) is 2.69. The number of nitrogen functional groups attached to an aromatic ring is 1. The molecule has 2 aromatic rings. The Morgan fingerprint density at radius 2 is 2.05 bits per heavy atom. The number of rotatable bonds is 5. The van der Waals surface area contributed by atoms with E-state index < -0.39 is 0 Å². The number of halogens is 2. The molecule has 0 radical (unpaired) electrons. The van der Waals surface area contributed by atoms with Crippen LogP contribution in [-0.4, -0.2) is 6.61 Å². The van der Waals surface area contributed by atoms with Gasteiger partial charge in [0.2, 0.25) is 0 Å². The maximum atomic E-state index is 13.2. The van der Waals surface area contributed by atoms with Crippen molar-refractivity contribution in [2.75, 3.05) is 12.3 Å². The molecule has 0 atom stereocenters.